The highest BCUT2D eigenvalue weighted by Gasteiger charge is 2.14. The van der Waals surface area contributed by atoms with Gasteiger partial charge >= 0.3 is 0 Å². The predicted octanol–water partition coefficient (Wildman–Crippen LogP) is 4.11. The quantitative estimate of drug-likeness (QED) is 0.824. The topological polar surface area (TPSA) is 35.2 Å². The van der Waals surface area contributed by atoms with E-state index in [0.717, 1.165) is 42.0 Å². The van der Waals surface area contributed by atoms with Gasteiger partial charge in [-0.05, 0) is 61.9 Å². The first-order valence-corrected chi connectivity index (χ1v) is 7.44. The molecule has 19 heavy (non-hydrogen) atoms. The van der Waals surface area contributed by atoms with Crippen LogP contribution < -0.4 is 10.5 Å². The van der Waals surface area contributed by atoms with E-state index in [0.29, 0.717) is 0 Å². The molecule has 2 rings (SSSR count). The molecule has 0 amide bonds. The normalized spacial score (nSPS) is 20.3. The molecule has 0 spiro atoms. The SMILES string of the molecule is CCC(N)Cc1cc(Cl)ccc1OC1C=CCCC1. The monoisotopic (exact) mass is 279 g/mol. The van der Waals surface area contributed by atoms with E-state index in [-0.39, 0.29) is 12.1 Å². The minimum atomic E-state index is 0.155. The van der Waals surface area contributed by atoms with E-state index in [2.05, 4.69) is 19.1 Å². The predicted molar refractivity (Wildman–Crippen MR) is 80.8 cm³/mol. The standard InChI is InChI=1S/C16H22ClNO/c1-2-14(18)11-12-10-13(17)8-9-16(12)19-15-6-4-3-5-7-15/h4,6,8-10,14-15H,2-3,5,7,11,18H2,1H3. The molecule has 104 valence electrons. The smallest absolute Gasteiger partial charge is 0.123 e. The van der Waals surface area contributed by atoms with Crippen LogP contribution in [0.4, 0.5) is 0 Å². The van der Waals surface area contributed by atoms with E-state index in [1.807, 2.05) is 18.2 Å². The molecular weight excluding hydrogens is 258 g/mol. The molecule has 0 heterocycles. The van der Waals surface area contributed by atoms with Crippen LogP contribution in [-0.4, -0.2) is 12.1 Å². The van der Waals surface area contributed by atoms with E-state index in [4.69, 9.17) is 22.1 Å². The molecule has 2 N–H and O–H groups in total. The summed E-state index contributed by atoms with van der Waals surface area (Å²) in [5, 5.41) is 0.741. The summed E-state index contributed by atoms with van der Waals surface area (Å²) in [7, 11) is 0. The second-order valence-electron chi connectivity index (χ2n) is 5.14. The summed E-state index contributed by atoms with van der Waals surface area (Å²) in [6, 6.07) is 5.97. The molecule has 0 fully saturated rings. The highest BCUT2D eigenvalue weighted by Crippen LogP contribution is 2.27. The average molecular weight is 280 g/mol. The Balaban J connectivity index is 2.13. The van der Waals surface area contributed by atoms with Crippen LogP contribution in [0, 0.1) is 0 Å². The summed E-state index contributed by atoms with van der Waals surface area (Å²) in [5.74, 6) is 0.921. The van der Waals surface area contributed by atoms with Crippen molar-refractivity contribution in [1.82, 2.24) is 0 Å². The zero-order valence-electron chi connectivity index (χ0n) is 11.4. The largest absolute Gasteiger partial charge is 0.486 e. The maximum atomic E-state index is 6.09. The van der Waals surface area contributed by atoms with Gasteiger partial charge in [0, 0.05) is 11.1 Å². The summed E-state index contributed by atoms with van der Waals surface area (Å²) >= 11 is 6.08. The molecule has 1 aromatic rings. The van der Waals surface area contributed by atoms with Crippen LogP contribution in [0.2, 0.25) is 5.02 Å². The lowest BCUT2D eigenvalue weighted by Gasteiger charge is -2.21. The van der Waals surface area contributed by atoms with E-state index in [1.54, 1.807) is 0 Å². The van der Waals surface area contributed by atoms with Crippen molar-refractivity contribution in [3.8, 4) is 5.75 Å². The highest BCUT2D eigenvalue weighted by molar-refractivity contribution is 6.30. The van der Waals surface area contributed by atoms with Gasteiger partial charge in [-0.3, -0.25) is 0 Å². The lowest BCUT2D eigenvalue weighted by molar-refractivity contribution is 0.227. The zero-order valence-corrected chi connectivity index (χ0v) is 12.2. The van der Waals surface area contributed by atoms with Gasteiger partial charge in [-0.25, -0.2) is 0 Å². The highest BCUT2D eigenvalue weighted by atomic mass is 35.5. The van der Waals surface area contributed by atoms with Gasteiger partial charge in [-0.15, -0.1) is 0 Å². The Bertz CT molecular complexity index is 444. The van der Waals surface area contributed by atoms with Crippen molar-refractivity contribution >= 4 is 11.6 Å². The Morgan fingerprint density at radius 3 is 3.00 bits per heavy atom. The Morgan fingerprint density at radius 1 is 1.47 bits per heavy atom. The Kier molecular flexibility index (Phi) is 5.29. The first kappa shape index (κ1) is 14.4. The van der Waals surface area contributed by atoms with E-state index < -0.39 is 0 Å². The number of ether oxygens (including phenoxy) is 1. The van der Waals surface area contributed by atoms with Gasteiger partial charge in [-0.2, -0.15) is 0 Å². The maximum absolute atomic E-state index is 6.09. The molecule has 2 unspecified atom stereocenters. The first-order valence-electron chi connectivity index (χ1n) is 7.06. The van der Waals surface area contributed by atoms with Crippen LogP contribution in [-0.2, 0) is 6.42 Å². The molecule has 0 aliphatic heterocycles. The summed E-state index contributed by atoms with van der Waals surface area (Å²) in [4.78, 5) is 0. The van der Waals surface area contributed by atoms with E-state index in [1.165, 1.54) is 6.42 Å². The van der Waals surface area contributed by atoms with Crippen molar-refractivity contribution in [2.75, 3.05) is 0 Å². The number of hydrogen-bond donors (Lipinski definition) is 1. The molecule has 0 saturated heterocycles. The lowest BCUT2D eigenvalue weighted by atomic mass is 10.0. The molecular formula is C16H22ClNO. The molecule has 0 aromatic heterocycles. The molecule has 2 atom stereocenters. The second-order valence-corrected chi connectivity index (χ2v) is 5.58. The van der Waals surface area contributed by atoms with Gasteiger partial charge in [0.1, 0.15) is 11.9 Å². The fourth-order valence-electron chi connectivity index (χ4n) is 2.29. The van der Waals surface area contributed by atoms with Gasteiger partial charge in [0.15, 0.2) is 0 Å². The fourth-order valence-corrected chi connectivity index (χ4v) is 2.49. The van der Waals surface area contributed by atoms with Crippen molar-refractivity contribution in [3.05, 3.63) is 40.9 Å². The number of benzene rings is 1. The number of rotatable bonds is 5. The third kappa shape index (κ3) is 4.26. The van der Waals surface area contributed by atoms with Crippen molar-refractivity contribution in [3.63, 3.8) is 0 Å². The Hall–Kier alpha value is -0.990. The Labute approximate surface area is 120 Å². The second kappa shape index (κ2) is 6.97. The van der Waals surface area contributed by atoms with Crippen molar-refractivity contribution in [2.24, 2.45) is 5.73 Å². The molecule has 1 aromatic carbocycles. The van der Waals surface area contributed by atoms with Crippen LogP contribution in [0.15, 0.2) is 30.4 Å². The van der Waals surface area contributed by atoms with E-state index >= 15 is 0 Å². The summed E-state index contributed by atoms with van der Waals surface area (Å²) in [6.45, 7) is 2.10. The third-order valence-corrected chi connectivity index (χ3v) is 3.75. The van der Waals surface area contributed by atoms with Gasteiger partial charge in [0.2, 0.25) is 0 Å². The Morgan fingerprint density at radius 2 is 2.32 bits per heavy atom. The van der Waals surface area contributed by atoms with Crippen molar-refractivity contribution in [1.29, 1.82) is 0 Å². The van der Waals surface area contributed by atoms with Crippen molar-refractivity contribution < 1.29 is 4.74 Å². The van der Waals surface area contributed by atoms with Gasteiger partial charge in [0.25, 0.3) is 0 Å². The van der Waals surface area contributed by atoms with Crippen LogP contribution >= 0.6 is 11.6 Å². The molecule has 1 aliphatic rings. The third-order valence-electron chi connectivity index (χ3n) is 3.52. The fraction of sp³-hybridized carbons (Fsp3) is 0.500. The summed E-state index contributed by atoms with van der Waals surface area (Å²) in [6.07, 6.45) is 9.73. The number of halogens is 1. The van der Waals surface area contributed by atoms with Crippen LogP contribution in [0.5, 0.6) is 5.75 Å². The molecule has 0 bridgehead atoms. The molecule has 0 radical (unpaired) electrons. The molecule has 3 heteroatoms. The first-order chi connectivity index (χ1) is 9.19. The summed E-state index contributed by atoms with van der Waals surface area (Å²) < 4.78 is 6.09. The lowest BCUT2D eigenvalue weighted by Crippen LogP contribution is -2.23. The van der Waals surface area contributed by atoms with Crippen LogP contribution in [0.25, 0.3) is 0 Å². The number of allylic oxidation sites excluding steroid dienone is 1. The molecule has 2 nitrogen and oxygen atoms in total. The molecule has 0 saturated carbocycles. The summed E-state index contributed by atoms with van der Waals surface area (Å²) in [5.41, 5.74) is 7.16. The van der Waals surface area contributed by atoms with Gasteiger partial charge in [0.05, 0.1) is 0 Å². The van der Waals surface area contributed by atoms with Crippen LogP contribution in [0.3, 0.4) is 0 Å². The number of nitrogens with two attached hydrogens (primary N) is 1. The minimum absolute atomic E-state index is 0.155. The maximum Gasteiger partial charge on any atom is 0.123 e. The molecule has 1 aliphatic carbocycles. The number of hydrogen-bond acceptors (Lipinski definition) is 2. The van der Waals surface area contributed by atoms with Gasteiger partial charge in [-0.1, -0.05) is 24.6 Å². The average Bonchev–Trinajstić information content (AvgIpc) is 2.43. The van der Waals surface area contributed by atoms with E-state index in [9.17, 15) is 0 Å². The van der Waals surface area contributed by atoms with Crippen molar-refractivity contribution in [2.45, 2.75) is 51.2 Å². The minimum Gasteiger partial charge on any atom is -0.486 e. The van der Waals surface area contributed by atoms with Gasteiger partial charge < -0.3 is 10.5 Å². The van der Waals surface area contributed by atoms with Crippen LogP contribution in [0.1, 0.15) is 38.2 Å². The zero-order chi connectivity index (χ0) is 13.7.